The van der Waals surface area contributed by atoms with Crippen molar-refractivity contribution in [3.8, 4) is 5.69 Å². The number of halogens is 1. The topological polar surface area (TPSA) is 115 Å². The van der Waals surface area contributed by atoms with E-state index in [1.54, 1.807) is 54.8 Å². The molecule has 172 valence electrons. The number of nitro benzene ring substituents is 1. The number of rotatable bonds is 4. The van der Waals surface area contributed by atoms with Gasteiger partial charge in [-0.3, -0.25) is 25.0 Å². The molecular weight excluding hydrogens is 504 g/mol. The number of benzene rings is 2. The summed E-state index contributed by atoms with van der Waals surface area (Å²) >= 11 is 3.36. The third-order valence-corrected chi connectivity index (χ3v) is 6.06. The Labute approximate surface area is 203 Å². The monoisotopic (exact) mass is 522 g/mol. The lowest BCUT2D eigenvalue weighted by Gasteiger charge is -2.27. The van der Waals surface area contributed by atoms with E-state index < -0.39 is 22.8 Å². The van der Waals surface area contributed by atoms with Crippen LogP contribution in [0.3, 0.4) is 0 Å². The van der Waals surface area contributed by atoms with E-state index in [0.29, 0.717) is 28.2 Å². The van der Waals surface area contributed by atoms with E-state index >= 15 is 0 Å². The van der Waals surface area contributed by atoms with E-state index in [1.807, 2.05) is 6.92 Å². The summed E-state index contributed by atoms with van der Waals surface area (Å²) in [4.78, 5) is 50.0. The Bertz CT molecular complexity index is 1420. The van der Waals surface area contributed by atoms with Gasteiger partial charge in [-0.1, -0.05) is 22.0 Å². The van der Waals surface area contributed by atoms with Crippen LogP contribution in [0, 0.1) is 30.9 Å². The second kappa shape index (κ2) is 8.71. The van der Waals surface area contributed by atoms with E-state index in [1.165, 1.54) is 18.2 Å². The molecule has 1 aromatic heterocycles. The van der Waals surface area contributed by atoms with Crippen molar-refractivity contribution in [2.45, 2.75) is 20.8 Å². The van der Waals surface area contributed by atoms with Gasteiger partial charge in [0, 0.05) is 28.0 Å². The number of urea groups is 1. The molecule has 0 spiro atoms. The molecule has 9 nitrogen and oxygen atoms in total. The lowest BCUT2D eigenvalue weighted by Crippen LogP contribution is -2.54. The Morgan fingerprint density at radius 1 is 1.03 bits per heavy atom. The third kappa shape index (κ3) is 4.03. The van der Waals surface area contributed by atoms with Crippen LogP contribution in [-0.2, 0) is 9.59 Å². The van der Waals surface area contributed by atoms with Crippen molar-refractivity contribution in [2.75, 3.05) is 4.90 Å². The number of aryl methyl sites for hydroxylation is 2. The van der Waals surface area contributed by atoms with Crippen molar-refractivity contribution < 1.29 is 19.3 Å². The number of nitrogens with zero attached hydrogens (tertiary/aromatic N) is 3. The Kier molecular flexibility index (Phi) is 5.92. The lowest BCUT2D eigenvalue weighted by atomic mass is 10.1. The molecule has 34 heavy (non-hydrogen) atoms. The predicted octanol–water partition coefficient (Wildman–Crippen LogP) is 4.74. The van der Waals surface area contributed by atoms with Crippen molar-refractivity contribution in [3.05, 3.63) is 91.2 Å². The summed E-state index contributed by atoms with van der Waals surface area (Å²) in [6.45, 7) is 5.36. The first kappa shape index (κ1) is 23.1. The maximum Gasteiger partial charge on any atom is 0.335 e. The largest absolute Gasteiger partial charge is 0.335 e. The third-order valence-electron chi connectivity index (χ3n) is 5.57. The van der Waals surface area contributed by atoms with E-state index in [9.17, 15) is 24.5 Å². The van der Waals surface area contributed by atoms with Gasteiger partial charge in [0.05, 0.1) is 16.3 Å². The summed E-state index contributed by atoms with van der Waals surface area (Å²) in [7, 11) is 0. The summed E-state index contributed by atoms with van der Waals surface area (Å²) in [6, 6.07) is 12.2. The van der Waals surface area contributed by atoms with Gasteiger partial charge in [0.1, 0.15) is 5.57 Å². The summed E-state index contributed by atoms with van der Waals surface area (Å²) < 4.78 is 2.59. The molecule has 0 bridgehead atoms. The first-order valence-corrected chi connectivity index (χ1v) is 11.0. The zero-order chi connectivity index (χ0) is 24.7. The number of barbiturate groups is 1. The number of amides is 4. The number of imide groups is 2. The van der Waals surface area contributed by atoms with Crippen molar-refractivity contribution in [1.29, 1.82) is 0 Å². The lowest BCUT2D eigenvalue weighted by molar-refractivity contribution is -0.384. The van der Waals surface area contributed by atoms with Crippen LogP contribution >= 0.6 is 15.9 Å². The Hall–Kier alpha value is -4.05. The Balaban J connectivity index is 1.78. The number of non-ortho nitro benzene ring substituents is 1. The highest BCUT2D eigenvalue weighted by Gasteiger charge is 2.37. The van der Waals surface area contributed by atoms with E-state index in [-0.39, 0.29) is 11.3 Å². The molecule has 0 unspecified atom stereocenters. The molecule has 2 heterocycles. The van der Waals surface area contributed by atoms with Gasteiger partial charge >= 0.3 is 6.03 Å². The highest BCUT2D eigenvalue weighted by molar-refractivity contribution is 9.10. The maximum absolute atomic E-state index is 13.3. The fraction of sp³-hybridized carbons (Fsp3) is 0.125. The van der Waals surface area contributed by atoms with Gasteiger partial charge in [0.25, 0.3) is 17.5 Å². The van der Waals surface area contributed by atoms with Crippen molar-refractivity contribution >= 4 is 51.2 Å². The summed E-state index contributed by atoms with van der Waals surface area (Å²) in [5.74, 6) is -1.53. The molecule has 4 rings (SSSR count). The Morgan fingerprint density at radius 2 is 1.76 bits per heavy atom. The van der Waals surface area contributed by atoms with Gasteiger partial charge in [-0.05, 0) is 68.3 Å². The number of carbonyl (C=O) groups is 3. The van der Waals surface area contributed by atoms with Crippen LogP contribution in [0.1, 0.15) is 22.5 Å². The molecule has 0 radical (unpaired) electrons. The number of nitro groups is 1. The number of anilines is 1. The second-order valence-corrected chi connectivity index (χ2v) is 8.74. The number of hydrogen-bond donors (Lipinski definition) is 1. The van der Waals surface area contributed by atoms with Crippen LogP contribution in [0.5, 0.6) is 0 Å². The minimum atomic E-state index is -0.820. The van der Waals surface area contributed by atoms with E-state index in [0.717, 1.165) is 15.1 Å². The molecule has 1 aliphatic rings. The summed E-state index contributed by atoms with van der Waals surface area (Å²) in [6.07, 6.45) is 1.43. The van der Waals surface area contributed by atoms with Gasteiger partial charge in [-0.25, -0.2) is 9.69 Å². The average Bonchev–Trinajstić information content (AvgIpc) is 3.05. The minimum Gasteiger partial charge on any atom is -0.318 e. The van der Waals surface area contributed by atoms with Gasteiger partial charge in [-0.15, -0.1) is 0 Å². The van der Waals surface area contributed by atoms with Crippen LogP contribution in [0.25, 0.3) is 11.8 Å². The molecular formula is C24H19BrN4O5. The molecule has 1 aliphatic heterocycles. The first-order valence-electron chi connectivity index (χ1n) is 10.2. The molecule has 0 aliphatic carbocycles. The van der Waals surface area contributed by atoms with Crippen LogP contribution in [-0.4, -0.2) is 27.3 Å². The van der Waals surface area contributed by atoms with E-state index in [4.69, 9.17) is 0 Å². The second-order valence-electron chi connectivity index (χ2n) is 7.83. The summed E-state index contributed by atoms with van der Waals surface area (Å²) in [5, 5.41) is 13.4. The van der Waals surface area contributed by atoms with Crippen LogP contribution in [0.4, 0.5) is 16.2 Å². The fourth-order valence-corrected chi connectivity index (χ4v) is 4.45. The average molecular weight is 523 g/mol. The van der Waals surface area contributed by atoms with Gasteiger partial charge in [0.2, 0.25) is 0 Å². The normalized spacial score (nSPS) is 15.1. The fourth-order valence-electron chi connectivity index (χ4n) is 3.98. The standard InChI is InChI=1S/C24H19BrN4O5/c1-13-9-17(25)7-8-21(13)28-23(31)20(22(30)26-24(28)32)11-16-10-14(2)27(15(16)3)18-5-4-6-19(12-18)29(33)34/h4-12H,1-3H3,(H,26,30,32)/b20-11+. The molecule has 10 heteroatoms. The van der Waals surface area contributed by atoms with E-state index in [2.05, 4.69) is 21.2 Å². The highest BCUT2D eigenvalue weighted by atomic mass is 79.9. The smallest absolute Gasteiger partial charge is 0.318 e. The minimum absolute atomic E-state index is 0.0502. The molecule has 0 saturated carbocycles. The van der Waals surface area contributed by atoms with Crippen LogP contribution in [0.2, 0.25) is 0 Å². The highest BCUT2D eigenvalue weighted by Crippen LogP contribution is 2.29. The molecule has 1 fully saturated rings. The molecule has 1 N–H and O–H groups in total. The van der Waals surface area contributed by atoms with Crippen molar-refractivity contribution in [3.63, 3.8) is 0 Å². The number of carbonyl (C=O) groups excluding carboxylic acids is 3. The Morgan fingerprint density at radius 3 is 2.44 bits per heavy atom. The molecule has 0 atom stereocenters. The van der Waals surface area contributed by atoms with Crippen molar-refractivity contribution in [2.24, 2.45) is 0 Å². The molecule has 2 aromatic carbocycles. The first-order chi connectivity index (χ1) is 16.1. The number of nitrogens with one attached hydrogen (secondary N) is 1. The van der Waals surface area contributed by atoms with Gasteiger partial charge < -0.3 is 4.57 Å². The molecule has 1 saturated heterocycles. The number of aromatic nitrogens is 1. The van der Waals surface area contributed by atoms with Crippen molar-refractivity contribution in [1.82, 2.24) is 9.88 Å². The van der Waals surface area contributed by atoms with Crippen LogP contribution < -0.4 is 10.2 Å². The summed E-state index contributed by atoms with van der Waals surface area (Å²) in [5.41, 5.74) is 3.38. The molecule has 4 amide bonds. The molecule has 3 aromatic rings. The van der Waals surface area contributed by atoms with Crippen LogP contribution in [0.15, 0.2) is 58.6 Å². The quantitative estimate of drug-likeness (QED) is 0.230. The van der Waals surface area contributed by atoms with Gasteiger partial charge in [-0.2, -0.15) is 0 Å². The predicted molar refractivity (Wildman–Crippen MR) is 130 cm³/mol. The maximum atomic E-state index is 13.3. The number of hydrogen-bond acceptors (Lipinski definition) is 5. The zero-order valence-electron chi connectivity index (χ0n) is 18.5. The zero-order valence-corrected chi connectivity index (χ0v) is 20.0. The SMILES string of the molecule is Cc1cc(Br)ccc1N1C(=O)NC(=O)/C(=C\c2cc(C)n(-c3cccc([N+](=O)[O-])c3)c2C)C1=O. The van der Waals surface area contributed by atoms with Gasteiger partial charge in [0.15, 0.2) is 0 Å².